The summed E-state index contributed by atoms with van der Waals surface area (Å²) in [7, 11) is 0. The molecule has 1 aromatic heterocycles. The number of piperidine rings is 1. The van der Waals surface area contributed by atoms with Gasteiger partial charge in [-0.2, -0.15) is 0 Å². The molecule has 10 nitrogen and oxygen atoms in total. The molecular weight excluding hydrogens is 464 g/mol. The fraction of sp³-hybridized carbons (Fsp3) is 0.423. The molecular formula is C26H30N4O6. The lowest BCUT2D eigenvalue weighted by Gasteiger charge is -2.39. The van der Waals surface area contributed by atoms with Crippen molar-refractivity contribution in [2.75, 3.05) is 32.7 Å². The van der Waals surface area contributed by atoms with Gasteiger partial charge in [0.1, 0.15) is 0 Å². The summed E-state index contributed by atoms with van der Waals surface area (Å²) >= 11 is 0. The zero-order chi connectivity index (χ0) is 25.7. The molecule has 1 N–H and O–H groups in total. The first kappa shape index (κ1) is 25.2. The minimum absolute atomic E-state index is 0.00591. The normalized spacial score (nSPS) is 17.3. The predicted molar refractivity (Wildman–Crippen MR) is 132 cm³/mol. The predicted octanol–water partition coefficient (Wildman–Crippen LogP) is 3.25. The number of carbonyl (C=O) groups is 3. The van der Waals surface area contributed by atoms with Crippen LogP contribution in [-0.2, 0) is 9.59 Å². The van der Waals surface area contributed by atoms with Crippen LogP contribution in [-0.4, -0.2) is 65.2 Å². The molecule has 3 amide bonds. The van der Waals surface area contributed by atoms with Crippen molar-refractivity contribution in [3.63, 3.8) is 0 Å². The van der Waals surface area contributed by atoms with E-state index in [4.69, 9.17) is 4.42 Å². The van der Waals surface area contributed by atoms with Crippen LogP contribution in [0.5, 0.6) is 0 Å². The molecule has 1 spiro atoms. The highest BCUT2D eigenvalue weighted by molar-refractivity contribution is 5.98. The quantitative estimate of drug-likeness (QED) is 0.358. The second-order valence-corrected chi connectivity index (χ2v) is 9.39. The van der Waals surface area contributed by atoms with E-state index in [0.29, 0.717) is 43.7 Å². The number of nitrogens with one attached hydrogen (secondary N) is 1. The summed E-state index contributed by atoms with van der Waals surface area (Å²) in [5.74, 6) is -0.428. The molecule has 0 unspecified atom stereocenters. The molecule has 0 atom stereocenters. The molecule has 2 saturated heterocycles. The van der Waals surface area contributed by atoms with E-state index in [0.717, 1.165) is 19.3 Å². The van der Waals surface area contributed by atoms with Crippen LogP contribution in [0.2, 0.25) is 0 Å². The lowest BCUT2D eigenvalue weighted by Crippen LogP contribution is -2.47. The van der Waals surface area contributed by atoms with Crippen molar-refractivity contribution in [2.45, 2.75) is 32.6 Å². The highest BCUT2D eigenvalue weighted by atomic mass is 16.6. The van der Waals surface area contributed by atoms with Gasteiger partial charge in [0, 0.05) is 43.9 Å². The van der Waals surface area contributed by atoms with Crippen molar-refractivity contribution in [2.24, 2.45) is 5.41 Å². The summed E-state index contributed by atoms with van der Waals surface area (Å²) in [6, 6.07) is 9.43. The Kier molecular flexibility index (Phi) is 7.52. The van der Waals surface area contributed by atoms with Gasteiger partial charge in [-0.3, -0.25) is 24.5 Å². The van der Waals surface area contributed by atoms with Crippen LogP contribution in [0.4, 0.5) is 5.69 Å². The molecule has 2 aromatic rings. The number of rotatable bonds is 7. The van der Waals surface area contributed by atoms with Crippen molar-refractivity contribution in [1.29, 1.82) is 0 Å². The zero-order valence-electron chi connectivity index (χ0n) is 20.3. The third-order valence-corrected chi connectivity index (χ3v) is 7.13. The van der Waals surface area contributed by atoms with Crippen molar-refractivity contribution in [1.82, 2.24) is 15.1 Å². The number of benzene rings is 1. The Labute approximate surface area is 209 Å². The Bertz CT molecular complexity index is 1160. The van der Waals surface area contributed by atoms with Crippen LogP contribution in [0.3, 0.4) is 0 Å². The highest BCUT2D eigenvalue weighted by Crippen LogP contribution is 2.41. The van der Waals surface area contributed by atoms with Crippen molar-refractivity contribution >= 4 is 29.5 Å². The number of nitro benzene ring substituents is 1. The summed E-state index contributed by atoms with van der Waals surface area (Å²) in [6.07, 6.45) is 6.14. The second-order valence-electron chi connectivity index (χ2n) is 9.39. The van der Waals surface area contributed by atoms with Crippen LogP contribution in [0, 0.1) is 15.5 Å². The maximum atomic E-state index is 13.3. The number of hydrogen-bond donors (Lipinski definition) is 1. The topological polar surface area (TPSA) is 126 Å². The van der Waals surface area contributed by atoms with Crippen LogP contribution in [0.1, 0.15) is 48.7 Å². The Morgan fingerprint density at radius 1 is 1.11 bits per heavy atom. The van der Waals surface area contributed by atoms with E-state index in [-0.39, 0.29) is 35.2 Å². The molecule has 2 aliphatic rings. The largest absolute Gasteiger partial charge is 0.459 e. The number of nitrogens with zero attached hydrogens (tertiary/aromatic N) is 3. The second kappa shape index (κ2) is 10.8. The Hall–Kier alpha value is -3.95. The first-order chi connectivity index (χ1) is 17.3. The fourth-order valence-corrected chi connectivity index (χ4v) is 4.96. The monoisotopic (exact) mass is 494 g/mol. The molecule has 0 radical (unpaired) electrons. The van der Waals surface area contributed by atoms with Gasteiger partial charge >= 0.3 is 0 Å². The summed E-state index contributed by atoms with van der Waals surface area (Å²) in [5, 5.41) is 13.7. The van der Waals surface area contributed by atoms with Crippen LogP contribution in [0.15, 0.2) is 52.7 Å². The molecule has 190 valence electrons. The molecule has 0 saturated carbocycles. The summed E-state index contributed by atoms with van der Waals surface area (Å²) < 4.78 is 5.04. The maximum Gasteiger partial charge on any atom is 0.287 e. The van der Waals surface area contributed by atoms with E-state index in [1.807, 2.05) is 11.8 Å². The number of nitro groups is 1. The van der Waals surface area contributed by atoms with Crippen LogP contribution >= 0.6 is 0 Å². The molecule has 0 bridgehead atoms. The van der Waals surface area contributed by atoms with E-state index >= 15 is 0 Å². The van der Waals surface area contributed by atoms with Crippen molar-refractivity contribution < 1.29 is 23.7 Å². The van der Waals surface area contributed by atoms with E-state index < -0.39 is 10.8 Å². The minimum Gasteiger partial charge on any atom is -0.459 e. The Morgan fingerprint density at radius 3 is 2.47 bits per heavy atom. The lowest BCUT2D eigenvalue weighted by molar-refractivity contribution is -0.384. The minimum atomic E-state index is -0.445. The summed E-state index contributed by atoms with van der Waals surface area (Å²) in [6.45, 7) is 4.28. The van der Waals surface area contributed by atoms with Crippen molar-refractivity contribution in [3.05, 3.63) is 69.7 Å². The van der Waals surface area contributed by atoms with E-state index in [1.165, 1.54) is 18.4 Å². The number of carbonyl (C=O) groups excluding carboxylic acids is 3. The number of furan rings is 1. The van der Waals surface area contributed by atoms with Gasteiger partial charge in [0.15, 0.2) is 5.76 Å². The number of non-ortho nitro benzene ring substituents is 1. The third kappa shape index (κ3) is 5.64. The Morgan fingerprint density at radius 2 is 1.83 bits per heavy atom. The molecule has 0 aliphatic carbocycles. The molecule has 3 heterocycles. The van der Waals surface area contributed by atoms with Gasteiger partial charge in [0.2, 0.25) is 11.8 Å². The summed E-state index contributed by atoms with van der Waals surface area (Å²) in [5.41, 5.74) is 1.23. The molecule has 1 aromatic carbocycles. The summed E-state index contributed by atoms with van der Waals surface area (Å²) in [4.78, 5) is 52.1. The van der Waals surface area contributed by atoms with E-state index in [1.54, 1.807) is 35.2 Å². The van der Waals surface area contributed by atoms with Gasteiger partial charge in [-0.05, 0) is 54.9 Å². The molecule has 2 fully saturated rings. The van der Waals surface area contributed by atoms with Gasteiger partial charge in [-0.25, -0.2) is 0 Å². The molecule has 2 aliphatic heterocycles. The maximum absolute atomic E-state index is 13.3. The first-order valence-corrected chi connectivity index (χ1v) is 12.1. The highest BCUT2D eigenvalue weighted by Gasteiger charge is 2.43. The standard InChI is InChI=1S/C26H30N4O6/c1-2-20(15-19-5-3-6-21(16-19)30(34)35)25(33)29-13-10-26(18-29)8-11-28(12-9-26)23(31)17-27-24(32)22-7-4-14-36-22/h3-7,14-16H,2,8-13,17-18H2,1H3,(H,27,32). The smallest absolute Gasteiger partial charge is 0.287 e. The Balaban J connectivity index is 1.31. The number of hydrogen-bond acceptors (Lipinski definition) is 6. The van der Waals surface area contributed by atoms with Crippen LogP contribution < -0.4 is 5.32 Å². The van der Waals surface area contributed by atoms with Crippen molar-refractivity contribution in [3.8, 4) is 0 Å². The third-order valence-electron chi connectivity index (χ3n) is 7.13. The van der Waals surface area contributed by atoms with Gasteiger partial charge in [0.05, 0.1) is 17.7 Å². The van der Waals surface area contributed by atoms with E-state index in [9.17, 15) is 24.5 Å². The molecule has 10 heteroatoms. The SMILES string of the molecule is CCC(=Cc1cccc([N+](=O)[O-])c1)C(=O)N1CCC2(CCN(C(=O)CNC(=O)c3ccco3)CC2)C1. The number of likely N-dealkylation sites (tertiary alicyclic amines) is 2. The van der Waals surface area contributed by atoms with E-state index in [2.05, 4.69) is 5.32 Å². The number of amides is 3. The average Bonchev–Trinajstić information content (AvgIpc) is 3.57. The van der Waals surface area contributed by atoms with Gasteiger partial charge < -0.3 is 19.5 Å². The van der Waals surface area contributed by atoms with Gasteiger partial charge in [-0.1, -0.05) is 19.1 Å². The molecule has 4 rings (SSSR count). The zero-order valence-corrected chi connectivity index (χ0v) is 20.3. The fourth-order valence-electron chi connectivity index (χ4n) is 4.96. The van der Waals surface area contributed by atoms with Gasteiger partial charge in [-0.15, -0.1) is 0 Å². The lowest BCUT2D eigenvalue weighted by atomic mass is 9.77. The van der Waals surface area contributed by atoms with Gasteiger partial charge in [0.25, 0.3) is 11.6 Å². The average molecular weight is 495 g/mol. The molecule has 36 heavy (non-hydrogen) atoms. The van der Waals surface area contributed by atoms with Crippen LogP contribution in [0.25, 0.3) is 6.08 Å². The first-order valence-electron chi connectivity index (χ1n) is 12.1.